The van der Waals surface area contributed by atoms with Gasteiger partial charge < -0.3 is 0 Å². The molecule has 1 unspecified atom stereocenters. The maximum absolute atomic E-state index is 12.2. The summed E-state index contributed by atoms with van der Waals surface area (Å²) in [4.78, 5) is 35.5. The molecule has 1 N–H and O–H groups in total. The molecule has 1 aliphatic rings. The molecule has 0 radical (unpaired) electrons. The van der Waals surface area contributed by atoms with Gasteiger partial charge in [-0.1, -0.05) is 18.5 Å². The molecule has 0 aromatic carbocycles. The van der Waals surface area contributed by atoms with Crippen molar-refractivity contribution in [3.63, 3.8) is 0 Å². The Labute approximate surface area is 128 Å². The van der Waals surface area contributed by atoms with Crippen molar-refractivity contribution in [3.8, 4) is 0 Å². The number of rotatable bonds is 6. The first-order valence-corrected chi connectivity index (χ1v) is 7.47. The summed E-state index contributed by atoms with van der Waals surface area (Å²) >= 11 is 0. The molecule has 1 aromatic rings. The van der Waals surface area contributed by atoms with Crippen LogP contribution < -0.4 is 10.5 Å². The van der Waals surface area contributed by atoms with Crippen molar-refractivity contribution in [2.45, 2.75) is 39.5 Å². The number of aromatic amines is 1. The molecule has 2 rings (SSSR count). The number of unbranched alkanes of at least 4 members (excludes halogenated alkanes) is 1. The van der Waals surface area contributed by atoms with E-state index in [4.69, 9.17) is 5.53 Å². The highest BCUT2D eigenvalue weighted by Gasteiger charge is 2.31. The Bertz CT molecular complexity index is 662. The maximum Gasteiger partial charge on any atom is 0.255 e. The lowest BCUT2D eigenvalue weighted by Crippen LogP contribution is -2.30. The lowest BCUT2D eigenvalue weighted by Gasteiger charge is -2.16. The Kier molecular flexibility index (Phi) is 5.16. The SMILES string of the molecule is CCCCc1c(C)nc(N2CC(CN=[N+]=[N-])CC2=O)[nH]c1=O. The van der Waals surface area contributed by atoms with Crippen molar-refractivity contribution in [1.29, 1.82) is 0 Å². The summed E-state index contributed by atoms with van der Waals surface area (Å²) in [7, 11) is 0. The molecular formula is C14H20N6O2. The number of aromatic nitrogens is 2. The van der Waals surface area contributed by atoms with Gasteiger partial charge in [-0.3, -0.25) is 19.5 Å². The second-order valence-corrected chi connectivity index (χ2v) is 5.54. The number of nitrogens with one attached hydrogen (secondary N) is 1. The van der Waals surface area contributed by atoms with E-state index in [9.17, 15) is 9.59 Å². The number of H-pyrrole nitrogens is 1. The van der Waals surface area contributed by atoms with Crippen LogP contribution in [0.1, 0.15) is 37.4 Å². The highest BCUT2D eigenvalue weighted by Crippen LogP contribution is 2.22. The van der Waals surface area contributed by atoms with Crippen LogP contribution in [0.5, 0.6) is 0 Å². The molecule has 0 aliphatic carbocycles. The molecule has 1 amide bonds. The first-order valence-electron chi connectivity index (χ1n) is 7.47. The van der Waals surface area contributed by atoms with Crippen molar-refractivity contribution < 1.29 is 4.79 Å². The van der Waals surface area contributed by atoms with Gasteiger partial charge in [0.05, 0.1) is 0 Å². The third-order valence-corrected chi connectivity index (χ3v) is 3.85. The number of carbonyl (C=O) groups excluding carboxylic acids is 1. The third kappa shape index (κ3) is 3.46. The fourth-order valence-electron chi connectivity index (χ4n) is 2.63. The summed E-state index contributed by atoms with van der Waals surface area (Å²) in [6.07, 6.45) is 2.94. The summed E-state index contributed by atoms with van der Waals surface area (Å²) in [6, 6.07) is 0. The Morgan fingerprint density at radius 1 is 1.50 bits per heavy atom. The van der Waals surface area contributed by atoms with Gasteiger partial charge in [-0.15, -0.1) is 0 Å². The minimum absolute atomic E-state index is 0.0335. The van der Waals surface area contributed by atoms with Crippen molar-refractivity contribution in [2.24, 2.45) is 11.0 Å². The van der Waals surface area contributed by atoms with Crippen LogP contribution in [0.15, 0.2) is 9.91 Å². The zero-order valence-electron chi connectivity index (χ0n) is 12.9. The highest BCUT2D eigenvalue weighted by atomic mass is 16.2. The molecule has 22 heavy (non-hydrogen) atoms. The van der Waals surface area contributed by atoms with E-state index < -0.39 is 0 Å². The van der Waals surface area contributed by atoms with Gasteiger partial charge in [-0.05, 0) is 31.2 Å². The largest absolute Gasteiger partial charge is 0.292 e. The van der Waals surface area contributed by atoms with E-state index in [1.165, 1.54) is 4.90 Å². The number of aryl methyl sites for hydroxylation is 1. The van der Waals surface area contributed by atoms with E-state index in [0.717, 1.165) is 12.8 Å². The highest BCUT2D eigenvalue weighted by molar-refractivity contribution is 5.94. The van der Waals surface area contributed by atoms with Crippen molar-refractivity contribution in [1.82, 2.24) is 9.97 Å². The minimum atomic E-state index is -0.178. The predicted molar refractivity (Wildman–Crippen MR) is 82.7 cm³/mol. The van der Waals surface area contributed by atoms with Crippen LogP contribution in [-0.4, -0.2) is 29.0 Å². The topological polar surface area (TPSA) is 115 Å². The fourth-order valence-corrected chi connectivity index (χ4v) is 2.63. The van der Waals surface area contributed by atoms with Crippen LogP contribution in [0.25, 0.3) is 10.4 Å². The monoisotopic (exact) mass is 304 g/mol. The normalized spacial score (nSPS) is 17.6. The summed E-state index contributed by atoms with van der Waals surface area (Å²) in [5.41, 5.74) is 9.52. The quantitative estimate of drug-likeness (QED) is 0.492. The second-order valence-electron chi connectivity index (χ2n) is 5.54. The minimum Gasteiger partial charge on any atom is -0.292 e. The summed E-state index contributed by atoms with van der Waals surface area (Å²) in [6.45, 7) is 4.55. The van der Waals surface area contributed by atoms with Crippen LogP contribution in [0, 0.1) is 12.8 Å². The van der Waals surface area contributed by atoms with Crippen LogP contribution in [-0.2, 0) is 11.2 Å². The molecule has 8 heteroatoms. The van der Waals surface area contributed by atoms with E-state index in [2.05, 4.69) is 26.9 Å². The Hall–Kier alpha value is -2.34. The molecule has 0 bridgehead atoms. The van der Waals surface area contributed by atoms with Crippen molar-refractivity contribution >= 4 is 11.9 Å². The second kappa shape index (κ2) is 7.09. The van der Waals surface area contributed by atoms with E-state index in [1.807, 2.05) is 0 Å². The van der Waals surface area contributed by atoms with Gasteiger partial charge >= 0.3 is 0 Å². The average Bonchev–Trinajstić information content (AvgIpc) is 2.85. The number of anilines is 1. The van der Waals surface area contributed by atoms with Crippen molar-refractivity contribution in [2.75, 3.05) is 18.0 Å². The smallest absolute Gasteiger partial charge is 0.255 e. The van der Waals surface area contributed by atoms with E-state index in [0.29, 0.717) is 30.6 Å². The molecule has 1 fully saturated rings. The van der Waals surface area contributed by atoms with Gasteiger partial charge in [0.25, 0.3) is 5.56 Å². The molecule has 1 aromatic heterocycles. The number of hydrogen-bond donors (Lipinski definition) is 1. The Balaban J connectivity index is 2.21. The molecule has 118 valence electrons. The van der Waals surface area contributed by atoms with Gasteiger partial charge in [-0.2, -0.15) is 0 Å². The number of azide groups is 1. The van der Waals surface area contributed by atoms with Gasteiger partial charge in [0.2, 0.25) is 11.9 Å². The van der Waals surface area contributed by atoms with Gasteiger partial charge in [0, 0.05) is 35.7 Å². The van der Waals surface area contributed by atoms with Crippen LogP contribution in [0.4, 0.5) is 5.95 Å². The standard InChI is InChI=1S/C14H20N6O2/c1-3-4-5-11-9(2)17-14(18-13(11)22)20-8-10(6-12(20)21)7-16-19-15/h10H,3-8H2,1-2H3,(H,17,18,22). The van der Waals surface area contributed by atoms with Crippen LogP contribution in [0.3, 0.4) is 0 Å². The molecule has 8 nitrogen and oxygen atoms in total. The zero-order valence-corrected chi connectivity index (χ0v) is 12.9. The van der Waals surface area contributed by atoms with Gasteiger partial charge in [0.1, 0.15) is 0 Å². The van der Waals surface area contributed by atoms with Gasteiger partial charge in [0.15, 0.2) is 0 Å². The first kappa shape index (κ1) is 16.0. The van der Waals surface area contributed by atoms with Crippen molar-refractivity contribution in [3.05, 3.63) is 32.1 Å². The van der Waals surface area contributed by atoms with Crippen LogP contribution in [0.2, 0.25) is 0 Å². The Morgan fingerprint density at radius 2 is 2.27 bits per heavy atom. The number of carbonyl (C=O) groups is 1. The molecule has 1 atom stereocenters. The van der Waals surface area contributed by atoms with E-state index in [1.54, 1.807) is 6.92 Å². The van der Waals surface area contributed by atoms with E-state index in [-0.39, 0.29) is 29.9 Å². The number of hydrogen-bond acceptors (Lipinski definition) is 4. The Morgan fingerprint density at radius 3 is 2.91 bits per heavy atom. The molecule has 0 saturated carbocycles. The molecular weight excluding hydrogens is 284 g/mol. The van der Waals surface area contributed by atoms with E-state index >= 15 is 0 Å². The maximum atomic E-state index is 12.2. The summed E-state index contributed by atoms with van der Waals surface area (Å²) in [5.74, 6) is 0.145. The number of nitrogens with zero attached hydrogens (tertiary/aromatic N) is 5. The molecule has 0 spiro atoms. The summed E-state index contributed by atoms with van der Waals surface area (Å²) < 4.78 is 0. The number of amides is 1. The summed E-state index contributed by atoms with van der Waals surface area (Å²) in [5, 5.41) is 3.51. The lowest BCUT2D eigenvalue weighted by molar-refractivity contribution is -0.117. The fraction of sp³-hybridized carbons (Fsp3) is 0.643. The molecule has 1 aliphatic heterocycles. The predicted octanol–water partition coefficient (Wildman–Crippen LogP) is 2.08. The third-order valence-electron chi connectivity index (χ3n) is 3.85. The molecule has 1 saturated heterocycles. The van der Waals surface area contributed by atoms with Gasteiger partial charge in [-0.25, -0.2) is 4.98 Å². The lowest BCUT2D eigenvalue weighted by atomic mass is 10.1. The first-order chi connectivity index (χ1) is 10.6. The molecule has 2 heterocycles. The zero-order chi connectivity index (χ0) is 16.1. The average molecular weight is 304 g/mol. The van der Waals surface area contributed by atoms with Crippen LogP contribution >= 0.6 is 0 Å².